The highest BCUT2D eigenvalue weighted by Gasteiger charge is 2.15. The molecule has 0 bridgehead atoms. The second-order valence-corrected chi connectivity index (χ2v) is 4.63. The highest BCUT2D eigenvalue weighted by Crippen LogP contribution is 2.15. The van der Waals surface area contributed by atoms with Gasteiger partial charge in [0.15, 0.2) is 0 Å². The molecule has 0 unspecified atom stereocenters. The van der Waals surface area contributed by atoms with Gasteiger partial charge in [0.2, 0.25) is 0 Å². The van der Waals surface area contributed by atoms with Gasteiger partial charge < -0.3 is 10.3 Å². The normalized spacial score (nSPS) is 13.1. The van der Waals surface area contributed by atoms with Gasteiger partial charge in [0.25, 0.3) is 0 Å². The maximum atomic E-state index is 6.09. The lowest BCUT2D eigenvalue weighted by Gasteiger charge is -2.12. The third-order valence-electron chi connectivity index (χ3n) is 2.38. The first kappa shape index (κ1) is 12.5. The van der Waals surface area contributed by atoms with Gasteiger partial charge in [-0.25, -0.2) is 0 Å². The molecule has 0 saturated carbocycles. The molecule has 0 aliphatic heterocycles. The van der Waals surface area contributed by atoms with Crippen molar-refractivity contribution in [3.05, 3.63) is 11.6 Å². The average Bonchev–Trinajstić information content (AvgIpc) is 2.58. The Bertz CT molecular complexity index is 298. The van der Waals surface area contributed by atoms with Gasteiger partial charge in [-0.3, -0.25) is 0 Å². The van der Waals surface area contributed by atoms with Crippen LogP contribution in [0.15, 0.2) is 0 Å². The lowest BCUT2D eigenvalue weighted by molar-refractivity contribution is 0.561. The maximum Gasteiger partial charge on any atom is 0.150 e. The van der Waals surface area contributed by atoms with E-state index in [9.17, 15) is 0 Å². The number of hydrogen-bond donors (Lipinski definition) is 1. The molecule has 2 N–H and O–H groups in total. The molecule has 4 nitrogen and oxygen atoms in total. The Morgan fingerprint density at radius 1 is 1.47 bits per heavy atom. The van der Waals surface area contributed by atoms with E-state index in [0.29, 0.717) is 0 Å². The first-order valence-corrected chi connectivity index (χ1v) is 6.74. The molecule has 0 spiro atoms. The molecule has 1 aromatic rings. The van der Waals surface area contributed by atoms with E-state index in [1.54, 1.807) is 0 Å². The monoisotopic (exact) mass is 228 g/mol. The van der Waals surface area contributed by atoms with Crippen LogP contribution in [0.2, 0.25) is 0 Å². The van der Waals surface area contributed by atoms with Crippen LogP contribution in [0, 0.1) is 6.92 Å². The minimum atomic E-state index is 0.0187. The molecule has 86 valence electrons. The summed E-state index contributed by atoms with van der Waals surface area (Å²) in [6.45, 7) is 5.09. The molecular weight excluding hydrogens is 208 g/mol. The van der Waals surface area contributed by atoms with Crippen molar-refractivity contribution in [1.82, 2.24) is 14.8 Å². The number of rotatable bonds is 6. The quantitative estimate of drug-likeness (QED) is 0.806. The highest BCUT2D eigenvalue weighted by molar-refractivity contribution is 7.98. The molecule has 0 fully saturated rings. The predicted octanol–water partition coefficient (Wildman–Crippen LogP) is 1.75. The Morgan fingerprint density at radius 3 is 2.80 bits per heavy atom. The second-order valence-electron chi connectivity index (χ2n) is 3.65. The summed E-state index contributed by atoms with van der Waals surface area (Å²) in [4.78, 5) is 0. The van der Waals surface area contributed by atoms with Gasteiger partial charge in [0.1, 0.15) is 11.6 Å². The zero-order valence-corrected chi connectivity index (χ0v) is 10.5. The van der Waals surface area contributed by atoms with Gasteiger partial charge in [0.05, 0.1) is 6.04 Å². The topological polar surface area (TPSA) is 56.7 Å². The van der Waals surface area contributed by atoms with E-state index < -0.39 is 0 Å². The van der Waals surface area contributed by atoms with Gasteiger partial charge in [-0.05, 0) is 31.8 Å². The molecule has 0 amide bonds. The minimum Gasteiger partial charge on any atom is -0.321 e. The molecule has 0 saturated heterocycles. The van der Waals surface area contributed by atoms with Gasteiger partial charge >= 0.3 is 0 Å². The molecule has 1 atom stereocenters. The van der Waals surface area contributed by atoms with Crippen molar-refractivity contribution < 1.29 is 0 Å². The van der Waals surface area contributed by atoms with Gasteiger partial charge in [0, 0.05) is 6.54 Å². The van der Waals surface area contributed by atoms with Crippen molar-refractivity contribution >= 4 is 11.8 Å². The molecule has 0 aromatic carbocycles. The van der Waals surface area contributed by atoms with Crippen LogP contribution in [0.3, 0.4) is 0 Å². The van der Waals surface area contributed by atoms with Crippen LogP contribution in [0.5, 0.6) is 0 Å². The van der Waals surface area contributed by atoms with Crippen LogP contribution in [-0.4, -0.2) is 26.8 Å². The second kappa shape index (κ2) is 6.12. The van der Waals surface area contributed by atoms with Gasteiger partial charge in [-0.2, -0.15) is 11.8 Å². The molecule has 1 heterocycles. The summed E-state index contributed by atoms with van der Waals surface area (Å²) >= 11 is 1.81. The SMILES string of the molecule is CCCn1c(C)nnc1[C@@H](N)CCSC. The van der Waals surface area contributed by atoms with Crippen molar-refractivity contribution in [2.24, 2.45) is 5.73 Å². The maximum absolute atomic E-state index is 6.09. The van der Waals surface area contributed by atoms with Gasteiger partial charge in [-0.15, -0.1) is 10.2 Å². The highest BCUT2D eigenvalue weighted by atomic mass is 32.2. The fourth-order valence-electron chi connectivity index (χ4n) is 1.55. The zero-order chi connectivity index (χ0) is 11.3. The van der Waals surface area contributed by atoms with Crippen LogP contribution in [-0.2, 0) is 6.54 Å². The fourth-order valence-corrected chi connectivity index (χ4v) is 2.04. The first-order chi connectivity index (χ1) is 7.20. The van der Waals surface area contributed by atoms with Crippen molar-refractivity contribution in [1.29, 1.82) is 0 Å². The summed E-state index contributed by atoms with van der Waals surface area (Å²) in [5.74, 6) is 2.97. The molecule has 1 rings (SSSR count). The Hall–Kier alpha value is -0.550. The van der Waals surface area contributed by atoms with Crippen LogP contribution in [0.4, 0.5) is 0 Å². The van der Waals surface area contributed by atoms with Crippen LogP contribution < -0.4 is 5.73 Å². The summed E-state index contributed by atoms with van der Waals surface area (Å²) < 4.78 is 2.13. The summed E-state index contributed by atoms with van der Waals surface area (Å²) in [6, 6.07) is 0.0187. The van der Waals surface area contributed by atoms with Crippen molar-refractivity contribution in [3.63, 3.8) is 0 Å². The van der Waals surface area contributed by atoms with E-state index in [2.05, 4.69) is 27.9 Å². The fraction of sp³-hybridized carbons (Fsp3) is 0.800. The minimum absolute atomic E-state index is 0.0187. The Balaban J connectivity index is 2.74. The van der Waals surface area contributed by atoms with Crippen LogP contribution >= 0.6 is 11.8 Å². The van der Waals surface area contributed by atoms with E-state index in [1.165, 1.54) is 0 Å². The standard InChI is InChI=1S/C10H20N4S/c1-4-6-14-8(2)12-13-10(14)9(11)5-7-15-3/h9H,4-7,11H2,1-3H3/t9-/m0/s1. The van der Waals surface area contributed by atoms with Crippen LogP contribution in [0.1, 0.15) is 37.5 Å². The lowest BCUT2D eigenvalue weighted by Crippen LogP contribution is -2.18. The molecule has 5 heteroatoms. The van der Waals surface area contributed by atoms with Gasteiger partial charge in [-0.1, -0.05) is 6.92 Å². The lowest BCUT2D eigenvalue weighted by atomic mass is 10.2. The number of thioether (sulfide) groups is 1. The van der Waals surface area contributed by atoms with E-state index >= 15 is 0 Å². The molecule has 0 aliphatic rings. The number of aromatic nitrogens is 3. The Morgan fingerprint density at radius 2 is 2.20 bits per heavy atom. The van der Waals surface area contributed by atoms with E-state index in [0.717, 1.165) is 36.8 Å². The number of nitrogens with two attached hydrogens (primary N) is 1. The Kier molecular flexibility index (Phi) is 5.11. The summed E-state index contributed by atoms with van der Waals surface area (Å²) in [7, 11) is 0. The van der Waals surface area contributed by atoms with E-state index in [1.807, 2.05) is 18.7 Å². The number of hydrogen-bond acceptors (Lipinski definition) is 4. The first-order valence-electron chi connectivity index (χ1n) is 5.34. The smallest absolute Gasteiger partial charge is 0.150 e. The summed E-state index contributed by atoms with van der Waals surface area (Å²) in [5.41, 5.74) is 6.09. The summed E-state index contributed by atoms with van der Waals surface area (Å²) in [6.07, 6.45) is 4.14. The van der Waals surface area contributed by atoms with Crippen molar-refractivity contribution in [3.8, 4) is 0 Å². The number of aryl methyl sites for hydroxylation is 1. The van der Waals surface area contributed by atoms with Crippen LogP contribution in [0.25, 0.3) is 0 Å². The Labute approximate surface area is 95.6 Å². The van der Waals surface area contributed by atoms with E-state index in [-0.39, 0.29) is 6.04 Å². The third-order valence-corrected chi connectivity index (χ3v) is 3.02. The number of nitrogens with zero attached hydrogens (tertiary/aromatic N) is 3. The molecule has 1 aromatic heterocycles. The molecule has 0 aliphatic carbocycles. The molecule has 0 radical (unpaired) electrons. The predicted molar refractivity (Wildman–Crippen MR) is 65.0 cm³/mol. The average molecular weight is 228 g/mol. The van der Waals surface area contributed by atoms with Crippen molar-refractivity contribution in [2.75, 3.05) is 12.0 Å². The summed E-state index contributed by atoms with van der Waals surface area (Å²) in [5, 5.41) is 8.26. The third kappa shape index (κ3) is 3.21. The zero-order valence-electron chi connectivity index (χ0n) is 9.73. The largest absolute Gasteiger partial charge is 0.321 e. The van der Waals surface area contributed by atoms with E-state index in [4.69, 9.17) is 5.73 Å². The van der Waals surface area contributed by atoms with Crippen molar-refractivity contribution in [2.45, 2.75) is 39.3 Å². The molecule has 15 heavy (non-hydrogen) atoms. The molecular formula is C10H20N4S.